The summed E-state index contributed by atoms with van der Waals surface area (Å²) in [5, 5.41) is 2.82. The molecule has 7 heteroatoms. The van der Waals surface area contributed by atoms with E-state index >= 15 is 0 Å². The van der Waals surface area contributed by atoms with Crippen molar-refractivity contribution in [2.45, 2.75) is 26.3 Å². The van der Waals surface area contributed by atoms with Crippen molar-refractivity contribution in [3.63, 3.8) is 0 Å². The minimum absolute atomic E-state index is 0.0730. The zero-order valence-corrected chi connectivity index (χ0v) is 17.2. The third-order valence-corrected chi connectivity index (χ3v) is 5.20. The van der Waals surface area contributed by atoms with Gasteiger partial charge in [0, 0.05) is 17.7 Å². The molecule has 158 valence electrons. The molecule has 0 saturated heterocycles. The summed E-state index contributed by atoms with van der Waals surface area (Å²) in [4.78, 5) is 24.0. The second-order valence-electron chi connectivity index (χ2n) is 7.38. The van der Waals surface area contributed by atoms with Crippen molar-refractivity contribution in [2.24, 2.45) is 5.92 Å². The minimum Gasteiger partial charge on any atom is -0.493 e. The maximum atomic E-state index is 12.1. The molecule has 1 N–H and O–H groups in total. The average molecular weight is 411 g/mol. The summed E-state index contributed by atoms with van der Waals surface area (Å²) >= 11 is 0. The Morgan fingerprint density at radius 2 is 1.90 bits per heavy atom. The average Bonchev–Trinajstić information content (AvgIpc) is 3.52. The standard InChI is InChI=1S/C23H25NO6/c1-3-28-22-19(27-2)9-8-17(15-6-7-18-16(10-15)11-24-23(18)26)21(22)30-13-20(25)29-12-14-4-5-14/h6-10,14H,3-5,11-13H2,1-2H3,(H,24,26). The van der Waals surface area contributed by atoms with Crippen LogP contribution >= 0.6 is 0 Å². The molecule has 0 unspecified atom stereocenters. The lowest BCUT2D eigenvalue weighted by Gasteiger charge is -2.18. The molecule has 7 nitrogen and oxygen atoms in total. The first-order valence-electron chi connectivity index (χ1n) is 10.1. The highest BCUT2D eigenvalue weighted by atomic mass is 16.6. The monoisotopic (exact) mass is 411 g/mol. The molecule has 2 aromatic carbocycles. The SMILES string of the molecule is CCOc1c(OC)ccc(-c2ccc3c(c2)CNC3=O)c1OCC(=O)OCC1CC1. The number of amides is 1. The van der Waals surface area contributed by atoms with Crippen molar-refractivity contribution in [1.29, 1.82) is 0 Å². The molecule has 1 aliphatic carbocycles. The number of carbonyl (C=O) groups excluding carboxylic acids is 2. The molecule has 2 aromatic rings. The van der Waals surface area contributed by atoms with Gasteiger partial charge in [0.15, 0.2) is 18.1 Å². The fourth-order valence-corrected chi connectivity index (χ4v) is 3.42. The highest BCUT2D eigenvalue weighted by Gasteiger charge is 2.25. The van der Waals surface area contributed by atoms with Crippen molar-refractivity contribution in [3.05, 3.63) is 41.5 Å². The number of esters is 1. The smallest absolute Gasteiger partial charge is 0.344 e. The number of carbonyl (C=O) groups is 2. The van der Waals surface area contributed by atoms with Gasteiger partial charge in [0.1, 0.15) is 0 Å². The van der Waals surface area contributed by atoms with E-state index in [1.165, 1.54) is 0 Å². The van der Waals surface area contributed by atoms with Crippen LogP contribution in [0.1, 0.15) is 35.7 Å². The van der Waals surface area contributed by atoms with Crippen molar-refractivity contribution in [1.82, 2.24) is 5.32 Å². The summed E-state index contributed by atoms with van der Waals surface area (Å²) in [7, 11) is 1.55. The molecule has 0 atom stereocenters. The van der Waals surface area contributed by atoms with Gasteiger partial charge in [-0.15, -0.1) is 0 Å². The van der Waals surface area contributed by atoms with Gasteiger partial charge in [0.25, 0.3) is 5.91 Å². The van der Waals surface area contributed by atoms with E-state index in [0.717, 1.165) is 29.5 Å². The molecule has 4 rings (SSSR count). The third-order valence-electron chi connectivity index (χ3n) is 5.20. The molecular weight excluding hydrogens is 386 g/mol. The van der Waals surface area contributed by atoms with Gasteiger partial charge in [-0.05, 0) is 61.1 Å². The topological polar surface area (TPSA) is 83.1 Å². The van der Waals surface area contributed by atoms with Gasteiger partial charge in [0.05, 0.1) is 20.3 Å². The molecule has 1 heterocycles. The molecule has 0 radical (unpaired) electrons. The van der Waals surface area contributed by atoms with Crippen LogP contribution in [0.2, 0.25) is 0 Å². The maximum absolute atomic E-state index is 12.1. The van der Waals surface area contributed by atoms with Crippen LogP contribution in [0.25, 0.3) is 11.1 Å². The summed E-state index contributed by atoms with van der Waals surface area (Å²) in [5.41, 5.74) is 3.19. The summed E-state index contributed by atoms with van der Waals surface area (Å²) in [6.07, 6.45) is 2.22. The minimum atomic E-state index is -0.415. The van der Waals surface area contributed by atoms with E-state index in [-0.39, 0.29) is 12.5 Å². The van der Waals surface area contributed by atoms with Crippen molar-refractivity contribution < 1.29 is 28.5 Å². The van der Waals surface area contributed by atoms with Gasteiger partial charge in [0.2, 0.25) is 5.75 Å². The Morgan fingerprint density at radius 1 is 1.10 bits per heavy atom. The Balaban J connectivity index is 1.65. The van der Waals surface area contributed by atoms with Crippen molar-refractivity contribution in [2.75, 3.05) is 26.9 Å². The normalized spacial score (nSPS) is 14.7. The Hall–Kier alpha value is -3.22. The highest BCUT2D eigenvalue weighted by molar-refractivity contribution is 5.99. The number of methoxy groups -OCH3 is 1. The van der Waals surface area contributed by atoms with E-state index in [0.29, 0.717) is 48.5 Å². The molecule has 2 aliphatic rings. The number of hydrogen-bond donors (Lipinski definition) is 1. The van der Waals surface area contributed by atoms with Crippen molar-refractivity contribution >= 4 is 11.9 Å². The molecular formula is C23H25NO6. The zero-order chi connectivity index (χ0) is 21.1. The van der Waals surface area contributed by atoms with Crippen LogP contribution in [-0.4, -0.2) is 38.8 Å². The van der Waals surface area contributed by atoms with Gasteiger partial charge in [-0.3, -0.25) is 4.79 Å². The van der Waals surface area contributed by atoms with E-state index in [2.05, 4.69) is 5.32 Å². The molecule has 1 saturated carbocycles. The molecule has 1 aliphatic heterocycles. The van der Waals surface area contributed by atoms with Crippen LogP contribution in [0.15, 0.2) is 30.3 Å². The summed E-state index contributed by atoms with van der Waals surface area (Å²) in [5.74, 6) is 1.36. The fraction of sp³-hybridized carbons (Fsp3) is 0.391. The van der Waals surface area contributed by atoms with Gasteiger partial charge in [-0.1, -0.05) is 6.07 Å². The fourth-order valence-electron chi connectivity index (χ4n) is 3.42. The summed E-state index contributed by atoms with van der Waals surface area (Å²) < 4.78 is 22.4. The van der Waals surface area contributed by atoms with Crippen LogP contribution in [0, 0.1) is 5.92 Å². The Labute approximate surface area is 175 Å². The van der Waals surface area contributed by atoms with Gasteiger partial charge in [-0.2, -0.15) is 0 Å². The number of fused-ring (bicyclic) bond motifs is 1. The van der Waals surface area contributed by atoms with Crippen LogP contribution < -0.4 is 19.5 Å². The van der Waals surface area contributed by atoms with Crippen LogP contribution in [0.4, 0.5) is 0 Å². The molecule has 0 spiro atoms. The van der Waals surface area contributed by atoms with Crippen LogP contribution in [0.3, 0.4) is 0 Å². The number of benzene rings is 2. The van der Waals surface area contributed by atoms with E-state index in [1.54, 1.807) is 19.2 Å². The lowest BCUT2D eigenvalue weighted by atomic mass is 9.99. The molecule has 1 amide bonds. The zero-order valence-electron chi connectivity index (χ0n) is 17.2. The second kappa shape index (κ2) is 8.65. The molecule has 0 bridgehead atoms. The summed E-state index contributed by atoms with van der Waals surface area (Å²) in [6.45, 7) is 2.98. The predicted molar refractivity (Wildman–Crippen MR) is 110 cm³/mol. The first-order valence-corrected chi connectivity index (χ1v) is 10.1. The number of rotatable bonds is 9. The lowest BCUT2D eigenvalue weighted by molar-refractivity contribution is -0.146. The lowest BCUT2D eigenvalue weighted by Crippen LogP contribution is -2.17. The van der Waals surface area contributed by atoms with E-state index in [9.17, 15) is 9.59 Å². The van der Waals surface area contributed by atoms with Crippen LogP contribution in [-0.2, 0) is 16.1 Å². The van der Waals surface area contributed by atoms with Gasteiger partial charge >= 0.3 is 5.97 Å². The van der Waals surface area contributed by atoms with Gasteiger partial charge < -0.3 is 24.3 Å². The highest BCUT2D eigenvalue weighted by Crippen LogP contribution is 2.45. The Bertz CT molecular complexity index is 966. The third kappa shape index (κ3) is 4.20. The number of hydrogen-bond acceptors (Lipinski definition) is 6. The van der Waals surface area contributed by atoms with Crippen molar-refractivity contribution in [3.8, 4) is 28.4 Å². The molecule has 1 fully saturated rings. The van der Waals surface area contributed by atoms with E-state index in [1.807, 2.05) is 25.1 Å². The Morgan fingerprint density at radius 3 is 2.63 bits per heavy atom. The van der Waals surface area contributed by atoms with E-state index < -0.39 is 5.97 Å². The Kier molecular flexibility index (Phi) is 5.79. The second-order valence-corrected chi connectivity index (χ2v) is 7.38. The largest absolute Gasteiger partial charge is 0.493 e. The quantitative estimate of drug-likeness (QED) is 0.638. The number of nitrogens with one attached hydrogen (secondary N) is 1. The first kappa shape index (κ1) is 20.1. The molecule has 0 aromatic heterocycles. The van der Waals surface area contributed by atoms with Crippen LogP contribution in [0.5, 0.6) is 17.2 Å². The first-order chi connectivity index (χ1) is 14.6. The summed E-state index contributed by atoms with van der Waals surface area (Å²) in [6, 6.07) is 9.27. The molecule has 30 heavy (non-hydrogen) atoms. The van der Waals surface area contributed by atoms with Gasteiger partial charge in [-0.25, -0.2) is 4.79 Å². The number of ether oxygens (including phenoxy) is 4. The predicted octanol–water partition coefficient (Wildman–Crippen LogP) is 3.34. The maximum Gasteiger partial charge on any atom is 0.344 e. The van der Waals surface area contributed by atoms with E-state index in [4.69, 9.17) is 18.9 Å².